The Morgan fingerprint density at radius 2 is 1.50 bits per heavy atom. The van der Waals surface area contributed by atoms with Gasteiger partial charge in [0.15, 0.2) is 0 Å². The highest BCUT2D eigenvalue weighted by atomic mass is 35.5. The second kappa shape index (κ2) is 14.4. The number of rotatable bonds is 9. The summed E-state index contributed by atoms with van der Waals surface area (Å²) < 4.78 is 0. The summed E-state index contributed by atoms with van der Waals surface area (Å²) in [5, 5.41) is 7.18. The first-order valence-electron chi connectivity index (χ1n) is 16.6. The minimum absolute atomic E-state index is 0.0622. The summed E-state index contributed by atoms with van der Waals surface area (Å²) in [6.45, 7) is 4.95. The number of likely N-dealkylation sites (tertiary alicyclic amines) is 1. The van der Waals surface area contributed by atoms with Crippen molar-refractivity contribution in [2.75, 3.05) is 39.3 Å². The van der Waals surface area contributed by atoms with E-state index in [1.165, 1.54) is 24.8 Å². The normalized spacial score (nSPS) is 22.4. The summed E-state index contributed by atoms with van der Waals surface area (Å²) in [6, 6.07) is 14.8. The molecule has 2 aromatic carbocycles. The molecule has 2 aromatic rings. The minimum atomic E-state index is -0.674. The Morgan fingerprint density at radius 1 is 0.818 bits per heavy atom. The first-order valence-corrected chi connectivity index (χ1v) is 17.0. The fourth-order valence-electron chi connectivity index (χ4n) is 7.73. The molecule has 8 nitrogen and oxygen atoms in total. The number of halogens is 1. The zero-order chi connectivity index (χ0) is 30.5. The maximum absolute atomic E-state index is 14.0. The molecule has 9 heteroatoms. The quantitative estimate of drug-likeness (QED) is 0.437. The van der Waals surface area contributed by atoms with Crippen LogP contribution in [0.15, 0.2) is 48.5 Å². The molecule has 2 unspecified atom stereocenters. The molecular weight excluding hydrogens is 574 g/mol. The van der Waals surface area contributed by atoms with Gasteiger partial charge in [-0.2, -0.15) is 0 Å². The zero-order valence-electron chi connectivity index (χ0n) is 25.7. The standard InChI is InChI=1S/C35H46ClN5O3/c36-28-14-12-25(13-15-28)22-31(38-32(42)23-30-29-11-5-4-10-27(29)24-37-30)34(43)41-20-18-39(19-21-41)33(26-8-2-1-3-9-26)35(44)40-16-6-7-17-40/h4-5,10-15,26,30-31,33,37H,1-3,6-9,16-24H2,(H,38,42)/t30?,31-,33?/m1/s1. The van der Waals surface area contributed by atoms with Gasteiger partial charge in [0.1, 0.15) is 6.04 Å². The number of hydrogen-bond donors (Lipinski definition) is 2. The van der Waals surface area contributed by atoms with Gasteiger partial charge in [0.2, 0.25) is 17.7 Å². The highest BCUT2D eigenvalue weighted by Crippen LogP contribution is 2.32. The summed E-state index contributed by atoms with van der Waals surface area (Å²) in [5.74, 6) is 0.487. The molecule has 1 aliphatic carbocycles. The Bertz CT molecular complexity index is 1300. The second-order valence-electron chi connectivity index (χ2n) is 13.0. The molecule has 44 heavy (non-hydrogen) atoms. The van der Waals surface area contributed by atoms with Crippen molar-refractivity contribution >= 4 is 29.3 Å². The van der Waals surface area contributed by atoms with Gasteiger partial charge in [-0.3, -0.25) is 19.3 Å². The van der Waals surface area contributed by atoms with E-state index in [0.29, 0.717) is 49.4 Å². The predicted octanol–water partition coefficient (Wildman–Crippen LogP) is 4.32. The smallest absolute Gasteiger partial charge is 0.245 e. The summed E-state index contributed by atoms with van der Waals surface area (Å²) in [7, 11) is 0. The van der Waals surface area contributed by atoms with E-state index in [-0.39, 0.29) is 30.3 Å². The molecule has 6 rings (SSSR count). The van der Waals surface area contributed by atoms with Crippen molar-refractivity contribution in [1.82, 2.24) is 25.3 Å². The van der Waals surface area contributed by atoms with Gasteiger partial charge in [0.05, 0.1) is 6.04 Å². The molecule has 0 spiro atoms. The minimum Gasteiger partial charge on any atom is -0.344 e. The summed E-state index contributed by atoms with van der Waals surface area (Å²) in [5.41, 5.74) is 3.31. The number of piperazine rings is 1. The Labute approximate surface area is 266 Å². The van der Waals surface area contributed by atoms with Crippen LogP contribution in [0.3, 0.4) is 0 Å². The van der Waals surface area contributed by atoms with Gasteiger partial charge in [-0.05, 0) is 60.4 Å². The van der Waals surface area contributed by atoms with Crippen LogP contribution in [-0.4, -0.2) is 83.8 Å². The van der Waals surface area contributed by atoms with Gasteiger partial charge >= 0.3 is 0 Å². The topological polar surface area (TPSA) is 85.0 Å². The zero-order valence-corrected chi connectivity index (χ0v) is 26.4. The van der Waals surface area contributed by atoms with Crippen LogP contribution >= 0.6 is 11.6 Å². The van der Waals surface area contributed by atoms with Crippen LogP contribution < -0.4 is 10.6 Å². The lowest BCUT2D eigenvalue weighted by Gasteiger charge is -2.44. The highest BCUT2D eigenvalue weighted by molar-refractivity contribution is 6.30. The summed E-state index contributed by atoms with van der Waals surface area (Å²) in [4.78, 5) is 47.5. The molecule has 3 fully saturated rings. The average molecular weight is 620 g/mol. The Hall–Kier alpha value is -2.94. The van der Waals surface area contributed by atoms with Crippen molar-refractivity contribution in [3.05, 3.63) is 70.2 Å². The van der Waals surface area contributed by atoms with E-state index in [1.54, 1.807) is 0 Å². The van der Waals surface area contributed by atoms with Gasteiger partial charge < -0.3 is 20.4 Å². The van der Waals surface area contributed by atoms with Crippen LogP contribution in [0, 0.1) is 5.92 Å². The Kier molecular flexibility index (Phi) is 10.2. The van der Waals surface area contributed by atoms with Crippen molar-refractivity contribution < 1.29 is 14.4 Å². The van der Waals surface area contributed by atoms with Crippen LogP contribution in [0.2, 0.25) is 5.02 Å². The molecule has 0 radical (unpaired) electrons. The fourth-order valence-corrected chi connectivity index (χ4v) is 7.85. The van der Waals surface area contributed by atoms with Crippen LogP contribution in [0.1, 0.15) is 74.1 Å². The van der Waals surface area contributed by atoms with Crippen molar-refractivity contribution in [3.8, 4) is 0 Å². The average Bonchev–Trinajstić information content (AvgIpc) is 3.74. The number of fused-ring (bicyclic) bond motifs is 1. The van der Waals surface area contributed by atoms with Crippen molar-refractivity contribution in [2.24, 2.45) is 5.92 Å². The summed E-state index contributed by atoms with van der Waals surface area (Å²) >= 11 is 6.13. The van der Waals surface area contributed by atoms with E-state index in [4.69, 9.17) is 11.6 Å². The van der Waals surface area contributed by atoms with Crippen LogP contribution in [0.25, 0.3) is 0 Å². The maximum atomic E-state index is 14.0. The monoisotopic (exact) mass is 619 g/mol. The van der Waals surface area contributed by atoms with Gasteiger partial charge in [0.25, 0.3) is 0 Å². The Balaban J connectivity index is 1.12. The largest absolute Gasteiger partial charge is 0.344 e. The molecular formula is C35H46ClN5O3. The Morgan fingerprint density at radius 3 is 2.23 bits per heavy atom. The number of nitrogens with one attached hydrogen (secondary N) is 2. The first kappa shape index (κ1) is 31.1. The number of carbonyl (C=O) groups is 3. The number of amides is 3. The highest BCUT2D eigenvalue weighted by Gasteiger charge is 2.40. The number of benzene rings is 2. The number of hydrogen-bond acceptors (Lipinski definition) is 5. The van der Waals surface area contributed by atoms with E-state index in [1.807, 2.05) is 41.3 Å². The lowest BCUT2D eigenvalue weighted by Crippen LogP contribution is -2.60. The van der Waals surface area contributed by atoms with Crippen molar-refractivity contribution in [1.29, 1.82) is 0 Å². The molecule has 2 N–H and O–H groups in total. The molecule has 0 aromatic heterocycles. The molecule has 3 aliphatic heterocycles. The third kappa shape index (κ3) is 7.30. The van der Waals surface area contributed by atoms with E-state index in [0.717, 1.165) is 56.4 Å². The predicted molar refractivity (Wildman–Crippen MR) is 172 cm³/mol. The van der Waals surface area contributed by atoms with Crippen LogP contribution in [0.4, 0.5) is 0 Å². The van der Waals surface area contributed by atoms with E-state index in [2.05, 4.69) is 32.6 Å². The number of nitrogens with zero attached hydrogens (tertiary/aromatic N) is 3. The molecule has 3 amide bonds. The molecule has 4 aliphatic rings. The third-order valence-electron chi connectivity index (χ3n) is 10.1. The molecule has 0 bridgehead atoms. The van der Waals surface area contributed by atoms with E-state index < -0.39 is 6.04 Å². The third-order valence-corrected chi connectivity index (χ3v) is 10.4. The first-order chi connectivity index (χ1) is 21.5. The van der Waals surface area contributed by atoms with Gasteiger partial charge in [-0.15, -0.1) is 0 Å². The van der Waals surface area contributed by atoms with Crippen molar-refractivity contribution in [2.45, 2.75) is 82.5 Å². The molecule has 1 saturated carbocycles. The summed E-state index contributed by atoms with van der Waals surface area (Å²) in [6.07, 6.45) is 8.73. The number of carbonyl (C=O) groups excluding carboxylic acids is 3. The molecule has 3 heterocycles. The van der Waals surface area contributed by atoms with E-state index >= 15 is 0 Å². The SMILES string of the molecule is O=C(CC1NCc2ccccc21)N[C@H](Cc1ccc(Cl)cc1)C(=O)N1CCN(C(C(=O)N2CCCC2)C2CCCCC2)CC1. The lowest BCUT2D eigenvalue weighted by atomic mass is 9.82. The van der Waals surface area contributed by atoms with E-state index in [9.17, 15) is 14.4 Å². The maximum Gasteiger partial charge on any atom is 0.245 e. The van der Waals surface area contributed by atoms with Crippen molar-refractivity contribution in [3.63, 3.8) is 0 Å². The molecule has 236 valence electrons. The van der Waals surface area contributed by atoms with Gasteiger partial charge in [0, 0.05) is 69.7 Å². The lowest BCUT2D eigenvalue weighted by molar-refractivity contribution is -0.143. The van der Waals surface area contributed by atoms with Gasteiger partial charge in [-0.25, -0.2) is 0 Å². The fraction of sp³-hybridized carbons (Fsp3) is 0.571. The van der Waals surface area contributed by atoms with Crippen LogP contribution in [-0.2, 0) is 27.3 Å². The molecule has 3 atom stereocenters. The molecule has 2 saturated heterocycles. The second-order valence-corrected chi connectivity index (χ2v) is 13.5. The van der Waals surface area contributed by atoms with Crippen LogP contribution in [0.5, 0.6) is 0 Å². The van der Waals surface area contributed by atoms with Gasteiger partial charge in [-0.1, -0.05) is 67.3 Å².